The Labute approximate surface area is 133 Å². The highest BCUT2D eigenvalue weighted by Crippen LogP contribution is 2.25. The Balaban J connectivity index is 2.45. The lowest BCUT2D eigenvalue weighted by atomic mass is 10.2. The maximum Gasteiger partial charge on any atom is 0.232 e. The summed E-state index contributed by atoms with van der Waals surface area (Å²) in [7, 11) is 8.65. The molecule has 0 aliphatic heterocycles. The molecule has 4 N–H and O–H groups in total. The zero-order valence-corrected chi connectivity index (χ0v) is 14.8. The van der Waals surface area contributed by atoms with E-state index in [1.165, 1.54) is 21.1 Å². The number of nitrogens with zero attached hydrogens (tertiary/aromatic N) is 3. The van der Waals surface area contributed by atoms with Crippen LogP contribution in [-0.4, -0.2) is 50.8 Å². The van der Waals surface area contributed by atoms with Crippen molar-refractivity contribution in [3.05, 3.63) is 17.6 Å². The van der Waals surface area contributed by atoms with E-state index in [-0.39, 0.29) is 0 Å². The highest BCUT2D eigenvalue weighted by atomic mass is 15.2. The summed E-state index contributed by atoms with van der Waals surface area (Å²) in [6.07, 6.45) is 1.89. The smallest absolute Gasteiger partial charge is 0.232 e. The SMILES string of the molecule is Cc1c(C)n(CC[NH+](C)C)c2nc[n+](CC[NH+](C)C)c(N)c12. The number of nitrogens with one attached hydrogen (secondary N) is 2. The monoisotopic (exact) mass is 307 g/mol. The Morgan fingerprint density at radius 2 is 1.77 bits per heavy atom. The standard InChI is InChI=1S/C16H28N6/c1-12-13(2)22(10-8-20(5)6)16-14(12)15(17)21(11-18-16)9-7-19(3)4/h11,17H,7-10H2,1-6H3/p+3. The number of rotatable bonds is 6. The van der Waals surface area contributed by atoms with Gasteiger partial charge in [0, 0.05) is 5.69 Å². The van der Waals surface area contributed by atoms with Crippen LogP contribution in [0.1, 0.15) is 11.3 Å². The van der Waals surface area contributed by atoms with Gasteiger partial charge < -0.3 is 20.1 Å². The van der Waals surface area contributed by atoms with E-state index in [0.717, 1.165) is 43.0 Å². The third-order valence-electron chi connectivity index (χ3n) is 4.37. The first-order chi connectivity index (χ1) is 10.3. The molecule has 0 aliphatic carbocycles. The molecule has 2 aromatic rings. The van der Waals surface area contributed by atoms with Crippen LogP contribution in [0.4, 0.5) is 5.82 Å². The first-order valence-electron chi connectivity index (χ1n) is 8.04. The summed E-state index contributed by atoms with van der Waals surface area (Å²) in [6.45, 7) is 8.28. The Bertz CT molecular complexity index is 656. The van der Waals surface area contributed by atoms with Crippen molar-refractivity contribution in [1.29, 1.82) is 0 Å². The number of anilines is 1. The number of likely N-dealkylation sites (N-methyl/N-ethyl adjacent to an activating group) is 2. The van der Waals surface area contributed by atoms with E-state index >= 15 is 0 Å². The second-order valence-corrected chi connectivity index (χ2v) is 6.80. The topological polar surface area (TPSA) is 56.6 Å². The van der Waals surface area contributed by atoms with E-state index in [9.17, 15) is 0 Å². The number of nitrogen functional groups attached to an aromatic ring is 1. The van der Waals surface area contributed by atoms with Gasteiger partial charge in [-0.1, -0.05) is 4.98 Å². The van der Waals surface area contributed by atoms with E-state index in [1.807, 2.05) is 6.33 Å². The van der Waals surface area contributed by atoms with Crippen LogP contribution in [0.3, 0.4) is 0 Å². The van der Waals surface area contributed by atoms with E-state index in [0.29, 0.717) is 0 Å². The summed E-state index contributed by atoms with van der Waals surface area (Å²) in [5.74, 6) is 0.836. The minimum absolute atomic E-state index is 0.836. The number of quaternary nitrogens is 2. The fourth-order valence-corrected chi connectivity index (χ4v) is 2.75. The highest BCUT2D eigenvalue weighted by molar-refractivity contribution is 5.89. The lowest BCUT2D eigenvalue weighted by Gasteiger charge is -2.10. The number of hydrogen-bond donors (Lipinski definition) is 3. The molecule has 6 nitrogen and oxygen atoms in total. The molecule has 0 saturated heterocycles. The summed E-state index contributed by atoms with van der Waals surface area (Å²) in [5, 5.41) is 1.11. The Hall–Kier alpha value is -1.66. The van der Waals surface area contributed by atoms with Gasteiger partial charge in [-0.25, -0.2) is 4.57 Å². The second-order valence-electron chi connectivity index (χ2n) is 6.80. The van der Waals surface area contributed by atoms with E-state index in [1.54, 1.807) is 0 Å². The van der Waals surface area contributed by atoms with Gasteiger partial charge in [0.15, 0.2) is 0 Å². The summed E-state index contributed by atoms with van der Waals surface area (Å²) in [6, 6.07) is 0. The Morgan fingerprint density at radius 3 is 2.36 bits per heavy atom. The number of hydrogen-bond acceptors (Lipinski definition) is 2. The van der Waals surface area contributed by atoms with Crippen molar-refractivity contribution in [3.8, 4) is 0 Å². The maximum absolute atomic E-state index is 6.44. The summed E-state index contributed by atoms with van der Waals surface area (Å²) in [5.41, 5.74) is 9.98. The van der Waals surface area contributed by atoms with Crippen molar-refractivity contribution in [2.75, 3.05) is 47.0 Å². The van der Waals surface area contributed by atoms with Crippen LogP contribution in [0.5, 0.6) is 0 Å². The van der Waals surface area contributed by atoms with Gasteiger partial charge >= 0.3 is 0 Å². The van der Waals surface area contributed by atoms with Crippen molar-refractivity contribution in [3.63, 3.8) is 0 Å². The molecule has 0 spiro atoms. The van der Waals surface area contributed by atoms with Gasteiger partial charge in [-0.3, -0.25) is 0 Å². The summed E-state index contributed by atoms with van der Waals surface area (Å²) >= 11 is 0. The van der Waals surface area contributed by atoms with Gasteiger partial charge in [0.05, 0.1) is 41.3 Å². The minimum atomic E-state index is 0.836. The van der Waals surface area contributed by atoms with Gasteiger partial charge in [0.1, 0.15) is 18.5 Å². The molecule has 0 fully saturated rings. The minimum Gasteiger partial charge on any atom is -0.338 e. The predicted octanol–water partition coefficient (Wildman–Crippen LogP) is -2.19. The van der Waals surface area contributed by atoms with Crippen LogP contribution in [0.2, 0.25) is 0 Å². The number of aromatic nitrogens is 3. The lowest BCUT2D eigenvalue weighted by Crippen LogP contribution is -3.06. The highest BCUT2D eigenvalue weighted by Gasteiger charge is 2.21. The van der Waals surface area contributed by atoms with Crippen molar-refractivity contribution >= 4 is 16.9 Å². The summed E-state index contributed by atoms with van der Waals surface area (Å²) in [4.78, 5) is 7.55. The second kappa shape index (κ2) is 6.62. The quantitative estimate of drug-likeness (QED) is 0.531. The number of nitrogens with two attached hydrogens (primary N) is 1. The van der Waals surface area contributed by atoms with Gasteiger partial charge in [0.2, 0.25) is 17.8 Å². The molecule has 2 aromatic heterocycles. The number of fused-ring (bicyclic) bond motifs is 1. The van der Waals surface area contributed by atoms with Crippen molar-refractivity contribution in [1.82, 2.24) is 9.55 Å². The molecule has 0 atom stereocenters. The van der Waals surface area contributed by atoms with Gasteiger partial charge in [-0.05, 0) is 19.4 Å². The molecule has 2 rings (SSSR count). The average Bonchev–Trinajstić information content (AvgIpc) is 2.68. The molecule has 0 unspecified atom stereocenters. The van der Waals surface area contributed by atoms with Gasteiger partial charge in [-0.15, -0.1) is 0 Å². The molecule has 0 bridgehead atoms. The first-order valence-corrected chi connectivity index (χ1v) is 8.04. The normalized spacial score (nSPS) is 12.0. The van der Waals surface area contributed by atoms with E-state index in [4.69, 9.17) is 10.7 Å². The van der Waals surface area contributed by atoms with Crippen molar-refractivity contribution in [2.24, 2.45) is 0 Å². The molecule has 2 heterocycles. The molecule has 0 radical (unpaired) electrons. The van der Waals surface area contributed by atoms with Gasteiger partial charge in [-0.2, -0.15) is 0 Å². The zero-order chi connectivity index (χ0) is 16.4. The average molecular weight is 307 g/mol. The molecule has 0 amide bonds. The van der Waals surface area contributed by atoms with Crippen LogP contribution in [-0.2, 0) is 13.1 Å². The van der Waals surface area contributed by atoms with Crippen molar-refractivity contribution < 1.29 is 14.4 Å². The lowest BCUT2D eigenvalue weighted by molar-refractivity contribution is -0.881. The molecule has 6 heteroatoms. The van der Waals surface area contributed by atoms with E-state index < -0.39 is 0 Å². The fraction of sp³-hybridized carbons (Fsp3) is 0.625. The van der Waals surface area contributed by atoms with Crippen LogP contribution >= 0.6 is 0 Å². The van der Waals surface area contributed by atoms with Crippen LogP contribution in [0.25, 0.3) is 11.0 Å². The van der Waals surface area contributed by atoms with Crippen molar-refractivity contribution in [2.45, 2.75) is 26.9 Å². The molecular weight excluding hydrogens is 276 g/mol. The number of aryl methyl sites for hydroxylation is 1. The Kier molecular flexibility index (Phi) is 5.03. The molecular formula is C16H31N6+3. The first kappa shape index (κ1) is 16.7. The third-order valence-corrected chi connectivity index (χ3v) is 4.37. The summed E-state index contributed by atoms with van der Waals surface area (Å²) < 4.78 is 4.37. The van der Waals surface area contributed by atoms with E-state index in [2.05, 4.69) is 51.2 Å². The van der Waals surface area contributed by atoms with Crippen LogP contribution < -0.4 is 20.1 Å². The zero-order valence-electron chi connectivity index (χ0n) is 14.8. The molecule has 0 aliphatic rings. The third kappa shape index (κ3) is 3.23. The van der Waals surface area contributed by atoms with Gasteiger partial charge in [0.25, 0.3) is 0 Å². The maximum atomic E-state index is 6.44. The molecule has 122 valence electrons. The Morgan fingerprint density at radius 1 is 1.14 bits per heavy atom. The molecule has 0 saturated carbocycles. The van der Waals surface area contributed by atoms with Crippen LogP contribution in [0.15, 0.2) is 6.33 Å². The fourth-order valence-electron chi connectivity index (χ4n) is 2.75. The largest absolute Gasteiger partial charge is 0.338 e. The van der Waals surface area contributed by atoms with Crippen LogP contribution in [0, 0.1) is 13.8 Å². The molecule has 22 heavy (non-hydrogen) atoms. The predicted molar refractivity (Wildman–Crippen MR) is 89.2 cm³/mol. The molecule has 0 aromatic carbocycles.